The Balaban J connectivity index is 2.05. The van der Waals surface area contributed by atoms with Gasteiger partial charge in [0.25, 0.3) is 11.6 Å². The van der Waals surface area contributed by atoms with Gasteiger partial charge in [0, 0.05) is 37.0 Å². The van der Waals surface area contributed by atoms with E-state index in [0.29, 0.717) is 5.56 Å². The van der Waals surface area contributed by atoms with E-state index < -0.39 is 10.8 Å². The zero-order valence-corrected chi connectivity index (χ0v) is 13.7. The van der Waals surface area contributed by atoms with Crippen molar-refractivity contribution in [1.82, 2.24) is 5.43 Å². The van der Waals surface area contributed by atoms with Gasteiger partial charge >= 0.3 is 0 Å². The van der Waals surface area contributed by atoms with E-state index in [2.05, 4.69) is 10.5 Å². The molecule has 0 bridgehead atoms. The van der Waals surface area contributed by atoms with Crippen molar-refractivity contribution in [1.29, 1.82) is 0 Å². The molecule has 0 radical (unpaired) electrons. The second-order valence-corrected chi connectivity index (χ2v) is 5.44. The Bertz CT molecular complexity index is 783. The third-order valence-corrected chi connectivity index (χ3v) is 3.46. The molecule has 0 saturated heterocycles. The molecule has 0 aliphatic heterocycles. The second kappa shape index (κ2) is 7.36. The van der Waals surface area contributed by atoms with E-state index in [1.54, 1.807) is 6.92 Å². The fourth-order valence-electron chi connectivity index (χ4n) is 2.04. The molecule has 2 aromatic rings. The highest BCUT2D eigenvalue weighted by molar-refractivity contribution is 5.95. The molecule has 7 heteroatoms. The number of amides is 1. The molecule has 2 aromatic carbocycles. The Hall–Kier alpha value is -3.22. The maximum atomic E-state index is 12.0. The Morgan fingerprint density at radius 1 is 1.21 bits per heavy atom. The molecular formula is C17H18N4O3. The number of rotatable bonds is 5. The molecule has 0 aliphatic carbocycles. The van der Waals surface area contributed by atoms with E-state index in [1.165, 1.54) is 24.4 Å². The van der Waals surface area contributed by atoms with Gasteiger partial charge in [-0.05, 0) is 30.7 Å². The van der Waals surface area contributed by atoms with Gasteiger partial charge in [0.15, 0.2) is 0 Å². The van der Waals surface area contributed by atoms with Crippen molar-refractivity contribution in [2.75, 3.05) is 19.0 Å². The average Bonchev–Trinajstić information content (AvgIpc) is 2.55. The van der Waals surface area contributed by atoms with Crippen molar-refractivity contribution in [2.24, 2.45) is 5.10 Å². The van der Waals surface area contributed by atoms with Crippen LogP contribution in [0.3, 0.4) is 0 Å². The highest BCUT2D eigenvalue weighted by Crippen LogP contribution is 2.19. The summed E-state index contributed by atoms with van der Waals surface area (Å²) >= 11 is 0. The van der Waals surface area contributed by atoms with Gasteiger partial charge < -0.3 is 4.90 Å². The molecule has 1 N–H and O–H groups in total. The van der Waals surface area contributed by atoms with E-state index in [-0.39, 0.29) is 11.3 Å². The van der Waals surface area contributed by atoms with E-state index in [4.69, 9.17) is 0 Å². The molecule has 124 valence electrons. The van der Waals surface area contributed by atoms with Gasteiger partial charge in [-0.3, -0.25) is 14.9 Å². The first-order chi connectivity index (χ1) is 11.4. The minimum absolute atomic E-state index is 0.0918. The lowest BCUT2D eigenvalue weighted by molar-refractivity contribution is -0.385. The van der Waals surface area contributed by atoms with Crippen molar-refractivity contribution in [2.45, 2.75) is 6.92 Å². The topological polar surface area (TPSA) is 87.8 Å². The van der Waals surface area contributed by atoms with Crippen LogP contribution >= 0.6 is 0 Å². The molecule has 7 nitrogen and oxygen atoms in total. The number of hydrogen-bond donors (Lipinski definition) is 1. The average molecular weight is 326 g/mol. The van der Waals surface area contributed by atoms with Crippen LogP contribution in [0.1, 0.15) is 21.5 Å². The lowest BCUT2D eigenvalue weighted by Crippen LogP contribution is -2.17. The maximum absolute atomic E-state index is 12.0. The number of carbonyl (C=O) groups excluding carboxylic acids is 1. The summed E-state index contributed by atoms with van der Waals surface area (Å²) in [6.45, 7) is 1.62. The highest BCUT2D eigenvalue weighted by atomic mass is 16.6. The minimum atomic E-state index is -0.512. The van der Waals surface area contributed by atoms with Crippen LogP contribution in [0.4, 0.5) is 11.4 Å². The summed E-state index contributed by atoms with van der Waals surface area (Å²) in [6.07, 6.45) is 1.51. The maximum Gasteiger partial charge on any atom is 0.273 e. The van der Waals surface area contributed by atoms with Crippen LogP contribution in [0.25, 0.3) is 0 Å². The number of benzene rings is 2. The van der Waals surface area contributed by atoms with Gasteiger partial charge in [-0.15, -0.1) is 0 Å². The summed E-state index contributed by atoms with van der Waals surface area (Å²) in [5, 5.41) is 14.8. The number of anilines is 1. The van der Waals surface area contributed by atoms with Crippen molar-refractivity contribution >= 4 is 23.5 Å². The molecule has 1 amide bonds. The number of nitrogens with zero attached hydrogens (tertiary/aromatic N) is 3. The smallest absolute Gasteiger partial charge is 0.273 e. The first-order valence-electron chi connectivity index (χ1n) is 7.24. The molecule has 0 saturated carbocycles. The Morgan fingerprint density at radius 3 is 2.46 bits per heavy atom. The summed E-state index contributed by atoms with van der Waals surface area (Å²) in [7, 11) is 3.90. The summed E-state index contributed by atoms with van der Waals surface area (Å²) in [5.74, 6) is -0.501. The molecule has 0 aromatic heterocycles. The van der Waals surface area contributed by atoms with Gasteiger partial charge in [0.1, 0.15) is 0 Å². The second-order valence-electron chi connectivity index (χ2n) is 5.44. The number of nitro groups is 1. The van der Waals surface area contributed by atoms with Crippen molar-refractivity contribution in [3.05, 3.63) is 69.3 Å². The third-order valence-electron chi connectivity index (χ3n) is 3.46. The monoisotopic (exact) mass is 326 g/mol. The van der Waals surface area contributed by atoms with Crippen LogP contribution in [-0.2, 0) is 0 Å². The number of hydrazone groups is 1. The zero-order valence-electron chi connectivity index (χ0n) is 13.7. The molecule has 24 heavy (non-hydrogen) atoms. The van der Waals surface area contributed by atoms with Crippen LogP contribution in [0.15, 0.2) is 47.6 Å². The van der Waals surface area contributed by atoms with Crippen LogP contribution < -0.4 is 10.3 Å². The van der Waals surface area contributed by atoms with Crippen molar-refractivity contribution in [3.8, 4) is 0 Å². The van der Waals surface area contributed by atoms with Gasteiger partial charge in [0.2, 0.25) is 0 Å². The van der Waals surface area contributed by atoms with Gasteiger partial charge in [0.05, 0.1) is 11.1 Å². The van der Waals surface area contributed by atoms with Crippen LogP contribution in [-0.4, -0.2) is 31.1 Å². The van der Waals surface area contributed by atoms with E-state index >= 15 is 0 Å². The first kappa shape index (κ1) is 17.1. The molecule has 0 heterocycles. The van der Waals surface area contributed by atoms with Gasteiger partial charge in [-0.2, -0.15) is 5.10 Å². The number of nitrogens with one attached hydrogen (secondary N) is 1. The quantitative estimate of drug-likeness (QED) is 0.520. The summed E-state index contributed by atoms with van der Waals surface area (Å²) < 4.78 is 0. The Labute approximate surface area is 139 Å². The van der Waals surface area contributed by atoms with Gasteiger partial charge in [-0.1, -0.05) is 18.2 Å². The van der Waals surface area contributed by atoms with Crippen LogP contribution in [0.2, 0.25) is 0 Å². The van der Waals surface area contributed by atoms with Gasteiger partial charge in [-0.25, -0.2) is 5.43 Å². The largest absolute Gasteiger partial charge is 0.378 e. The van der Waals surface area contributed by atoms with Crippen LogP contribution in [0, 0.1) is 17.0 Å². The van der Waals surface area contributed by atoms with E-state index in [9.17, 15) is 14.9 Å². The van der Waals surface area contributed by atoms with Crippen molar-refractivity contribution in [3.63, 3.8) is 0 Å². The molecule has 2 rings (SSSR count). The predicted molar refractivity (Wildman–Crippen MR) is 93.7 cm³/mol. The molecule has 0 fully saturated rings. The first-order valence-corrected chi connectivity index (χ1v) is 7.24. The molecular weight excluding hydrogens is 308 g/mol. The summed E-state index contributed by atoms with van der Waals surface area (Å²) in [5.41, 5.74) is 4.85. The fraction of sp³-hybridized carbons (Fsp3) is 0.176. The summed E-state index contributed by atoms with van der Waals surface area (Å²) in [6, 6.07) is 11.9. The molecule has 0 aliphatic rings. The zero-order chi connectivity index (χ0) is 17.7. The van der Waals surface area contributed by atoms with E-state index in [0.717, 1.165) is 11.3 Å². The number of nitro benzene ring substituents is 1. The number of hydrogen-bond acceptors (Lipinski definition) is 5. The lowest BCUT2D eigenvalue weighted by Gasteiger charge is -2.11. The number of carbonyl (C=O) groups is 1. The molecule has 0 spiro atoms. The van der Waals surface area contributed by atoms with Crippen molar-refractivity contribution < 1.29 is 9.72 Å². The van der Waals surface area contributed by atoms with E-state index in [1.807, 2.05) is 43.3 Å². The number of aryl methyl sites for hydroxylation is 1. The normalized spacial score (nSPS) is 10.6. The predicted octanol–water partition coefficient (Wildman–Crippen LogP) is 2.73. The third kappa shape index (κ3) is 4.16. The fourth-order valence-corrected chi connectivity index (χ4v) is 2.04. The summed E-state index contributed by atoms with van der Waals surface area (Å²) in [4.78, 5) is 24.4. The SMILES string of the molecule is Cc1ccc(C(=O)N/N=C\c2ccc(N(C)C)cc2)cc1[N+](=O)[O-]. The Kier molecular flexibility index (Phi) is 5.26. The standard InChI is InChI=1S/C17H18N4O3/c1-12-4-7-14(10-16(12)21(23)24)17(22)19-18-11-13-5-8-15(9-6-13)20(2)3/h4-11H,1-3H3,(H,19,22)/b18-11-. The Morgan fingerprint density at radius 2 is 1.88 bits per heavy atom. The highest BCUT2D eigenvalue weighted by Gasteiger charge is 2.14. The molecule has 0 unspecified atom stereocenters. The molecule has 0 atom stereocenters. The van der Waals surface area contributed by atoms with Crippen LogP contribution in [0.5, 0.6) is 0 Å². The minimum Gasteiger partial charge on any atom is -0.378 e. The lowest BCUT2D eigenvalue weighted by atomic mass is 10.1.